The van der Waals surface area contributed by atoms with Crippen LogP contribution in [0.3, 0.4) is 0 Å². The summed E-state index contributed by atoms with van der Waals surface area (Å²) < 4.78 is 0. The summed E-state index contributed by atoms with van der Waals surface area (Å²) in [6.45, 7) is 34.4. The second-order valence-electron chi connectivity index (χ2n) is 25.4. The largest absolute Gasteiger partial charge is 0.337 e. The maximum Gasteiger partial charge on any atom is 0.248 e. The van der Waals surface area contributed by atoms with Crippen LogP contribution in [-0.4, -0.2) is 180 Å². The molecular weight excluding hydrogens is 865 g/mol. The van der Waals surface area contributed by atoms with Gasteiger partial charge in [-0.3, -0.25) is 38.9 Å². The second kappa shape index (κ2) is 19.8. The zero-order valence-electron chi connectivity index (χ0n) is 46.1. The summed E-state index contributed by atoms with van der Waals surface area (Å²) in [7, 11) is 6.19. The maximum absolute atomic E-state index is 14.8. The van der Waals surface area contributed by atoms with E-state index in [1.807, 2.05) is 46.4 Å². The lowest BCUT2D eigenvalue weighted by atomic mass is 9.87. The lowest BCUT2D eigenvalue weighted by Gasteiger charge is -2.55. The third-order valence-electron chi connectivity index (χ3n) is 18.4. The van der Waals surface area contributed by atoms with Crippen LogP contribution in [0.25, 0.3) is 0 Å². The number of aromatic nitrogens is 3. The van der Waals surface area contributed by atoms with Crippen LogP contribution < -0.4 is 14.7 Å². The number of hydrogen-bond acceptors (Lipinski definition) is 12. The summed E-state index contributed by atoms with van der Waals surface area (Å²) in [6, 6.07) is 0.417. The van der Waals surface area contributed by atoms with Crippen molar-refractivity contribution >= 4 is 35.6 Å². The Balaban J connectivity index is 1.38. The van der Waals surface area contributed by atoms with Crippen LogP contribution in [0, 0.1) is 0 Å². The van der Waals surface area contributed by atoms with Gasteiger partial charge in [0.2, 0.25) is 35.6 Å². The van der Waals surface area contributed by atoms with E-state index < -0.39 is 16.6 Å². The van der Waals surface area contributed by atoms with E-state index in [9.17, 15) is 14.4 Å². The van der Waals surface area contributed by atoms with E-state index in [-0.39, 0.29) is 52.5 Å². The van der Waals surface area contributed by atoms with Crippen molar-refractivity contribution in [2.24, 2.45) is 0 Å². The number of rotatable bonds is 14. The van der Waals surface area contributed by atoms with Crippen LogP contribution in [0.2, 0.25) is 0 Å². The fourth-order valence-corrected chi connectivity index (χ4v) is 13.0. The Kier molecular flexibility index (Phi) is 15.3. The number of hydrogen-bond donors (Lipinski definition) is 0. The first-order valence-electron chi connectivity index (χ1n) is 27.0. The standard InChI is InChI=1S/C54H94N12O3/c1-39(65-38-51(6,7)60(16)54(12,13)45(65)69)66(42-30-24-19-25-31-42)48-56-46(63(40-26-20-17-21-27-40)34-32-61-36-49(2,3)58(14)52(8,9)43(61)67)55-47(57-48)64(41-28-22-18-23-29-41)35-33-62-37-50(4,5)59(15)53(10,11)44(62)68/h40-42H,1,17-38H2,2-16H3. The SMILES string of the molecule is C=C(N1CC(C)(C)N(C)C(C)(C)C1=O)N(c1nc(N(CCN2CC(C)(C)N(C)C(C)(C)C2=O)C2CCCCC2)nc(N(CCN2CC(C)(C)N(C)C(C)(C)C2=O)C2CCCCC2)n1)C1CCCCC1. The van der Waals surface area contributed by atoms with E-state index >= 15 is 0 Å². The molecule has 1 aromatic heterocycles. The lowest BCUT2D eigenvalue weighted by molar-refractivity contribution is -0.157. The van der Waals surface area contributed by atoms with E-state index in [1.54, 1.807) is 0 Å². The fourth-order valence-electron chi connectivity index (χ4n) is 13.0. The quantitative estimate of drug-likeness (QED) is 0.182. The van der Waals surface area contributed by atoms with Gasteiger partial charge in [0, 0.05) is 80.6 Å². The number of nitrogens with zero attached hydrogens (tertiary/aromatic N) is 12. The summed E-state index contributed by atoms with van der Waals surface area (Å²) in [4.78, 5) is 80.0. The molecule has 6 fully saturated rings. The molecule has 15 heteroatoms. The first kappa shape index (κ1) is 53.2. The maximum atomic E-state index is 14.8. The van der Waals surface area contributed by atoms with Gasteiger partial charge in [-0.25, -0.2) is 0 Å². The predicted octanol–water partition coefficient (Wildman–Crippen LogP) is 7.75. The first-order valence-corrected chi connectivity index (χ1v) is 27.0. The van der Waals surface area contributed by atoms with Crippen LogP contribution in [0.15, 0.2) is 12.4 Å². The molecule has 3 amide bonds. The Morgan fingerprint density at radius 1 is 0.478 bits per heavy atom. The summed E-state index contributed by atoms with van der Waals surface area (Å²) in [6.07, 6.45) is 16.2. The van der Waals surface area contributed by atoms with E-state index in [2.05, 4.69) is 102 Å². The number of carbonyl (C=O) groups excluding carboxylic acids is 3. The molecule has 0 bridgehead atoms. The molecule has 3 saturated heterocycles. The van der Waals surface area contributed by atoms with Gasteiger partial charge in [-0.15, -0.1) is 0 Å². The normalized spacial score (nSPS) is 26.1. The molecule has 6 aliphatic rings. The van der Waals surface area contributed by atoms with E-state index in [0.29, 0.717) is 69.5 Å². The van der Waals surface area contributed by atoms with E-state index in [4.69, 9.17) is 21.5 Å². The summed E-state index contributed by atoms with van der Waals surface area (Å²) in [5, 5.41) is 0. The Hall–Kier alpha value is -3.56. The van der Waals surface area contributed by atoms with Gasteiger partial charge >= 0.3 is 0 Å². The highest BCUT2D eigenvalue weighted by Gasteiger charge is 2.52. The average Bonchev–Trinajstić information content (AvgIpc) is 3.31. The molecular formula is C54H94N12O3. The summed E-state index contributed by atoms with van der Waals surface area (Å²) in [5.41, 5.74) is -2.79. The second-order valence-corrected chi connectivity index (χ2v) is 25.4. The molecule has 0 radical (unpaired) electrons. The Bertz CT molecular complexity index is 1930. The predicted molar refractivity (Wildman–Crippen MR) is 279 cm³/mol. The third-order valence-corrected chi connectivity index (χ3v) is 18.4. The van der Waals surface area contributed by atoms with Gasteiger partial charge in [-0.1, -0.05) is 64.4 Å². The van der Waals surface area contributed by atoms with Gasteiger partial charge in [-0.2, -0.15) is 15.0 Å². The van der Waals surface area contributed by atoms with Gasteiger partial charge in [0.15, 0.2) is 0 Å². The molecule has 0 unspecified atom stereocenters. The van der Waals surface area contributed by atoms with Crippen molar-refractivity contribution < 1.29 is 14.4 Å². The van der Waals surface area contributed by atoms with Crippen LogP contribution in [0.1, 0.15) is 179 Å². The van der Waals surface area contributed by atoms with E-state index in [1.165, 1.54) is 19.3 Å². The number of anilines is 3. The van der Waals surface area contributed by atoms with Gasteiger partial charge in [-0.05, 0) is 143 Å². The van der Waals surface area contributed by atoms with Crippen LogP contribution in [-0.2, 0) is 14.4 Å². The average molecular weight is 959 g/mol. The molecule has 0 N–H and O–H groups in total. The van der Waals surface area contributed by atoms with Crippen LogP contribution in [0.5, 0.6) is 0 Å². The van der Waals surface area contributed by atoms with E-state index in [0.717, 1.165) is 77.0 Å². The molecule has 388 valence electrons. The van der Waals surface area contributed by atoms with Crippen molar-refractivity contribution in [3.05, 3.63) is 12.4 Å². The Morgan fingerprint density at radius 3 is 1.17 bits per heavy atom. The van der Waals surface area contributed by atoms with Gasteiger partial charge in [0.1, 0.15) is 5.82 Å². The molecule has 7 rings (SSSR count). The molecule has 3 aliphatic heterocycles. The van der Waals surface area contributed by atoms with Crippen molar-refractivity contribution in [1.82, 2.24) is 44.4 Å². The molecule has 69 heavy (non-hydrogen) atoms. The zero-order valence-corrected chi connectivity index (χ0v) is 46.1. The highest BCUT2D eigenvalue weighted by molar-refractivity contribution is 5.89. The lowest BCUT2D eigenvalue weighted by Crippen LogP contribution is -2.70. The molecule has 4 heterocycles. The molecule has 0 spiro atoms. The zero-order chi connectivity index (χ0) is 50.6. The first-order chi connectivity index (χ1) is 32.1. The molecule has 3 saturated carbocycles. The molecule has 3 aliphatic carbocycles. The number of piperazine rings is 3. The van der Waals surface area contributed by atoms with Crippen molar-refractivity contribution in [2.45, 2.75) is 231 Å². The minimum Gasteiger partial charge on any atom is -0.337 e. The topological polar surface area (TPSA) is 119 Å². The Labute approximate surface area is 417 Å². The van der Waals surface area contributed by atoms with Crippen molar-refractivity contribution in [1.29, 1.82) is 0 Å². The third kappa shape index (κ3) is 10.4. The monoisotopic (exact) mass is 959 g/mol. The molecule has 0 atom stereocenters. The van der Waals surface area contributed by atoms with Crippen molar-refractivity contribution in [3.63, 3.8) is 0 Å². The Morgan fingerprint density at radius 2 is 0.797 bits per heavy atom. The molecule has 1 aromatic rings. The number of carbonyl (C=O) groups is 3. The minimum absolute atomic E-state index is 0.0164. The van der Waals surface area contributed by atoms with Crippen molar-refractivity contribution in [3.8, 4) is 0 Å². The fraction of sp³-hybridized carbons (Fsp3) is 0.852. The highest BCUT2D eigenvalue weighted by Crippen LogP contribution is 2.40. The molecule has 0 aromatic carbocycles. The minimum atomic E-state index is -0.762. The summed E-state index contributed by atoms with van der Waals surface area (Å²) in [5.74, 6) is 2.70. The molecule has 15 nitrogen and oxygen atoms in total. The number of likely N-dealkylation sites (N-methyl/N-ethyl adjacent to an activating group) is 3. The van der Waals surface area contributed by atoms with Gasteiger partial charge in [0.05, 0.1) is 16.6 Å². The van der Waals surface area contributed by atoms with Gasteiger partial charge < -0.3 is 19.6 Å². The number of amides is 3. The smallest absolute Gasteiger partial charge is 0.248 e. The summed E-state index contributed by atoms with van der Waals surface area (Å²) >= 11 is 0. The highest BCUT2D eigenvalue weighted by atomic mass is 16.2. The van der Waals surface area contributed by atoms with Crippen LogP contribution >= 0.6 is 0 Å². The van der Waals surface area contributed by atoms with Crippen molar-refractivity contribution in [2.75, 3.05) is 81.7 Å². The van der Waals surface area contributed by atoms with Gasteiger partial charge in [0.25, 0.3) is 0 Å². The van der Waals surface area contributed by atoms with Crippen LogP contribution in [0.4, 0.5) is 17.8 Å².